The molecule has 0 aliphatic rings. The lowest BCUT2D eigenvalue weighted by Gasteiger charge is -2.24. The van der Waals surface area contributed by atoms with Gasteiger partial charge in [-0.15, -0.1) is 6.58 Å². The van der Waals surface area contributed by atoms with Gasteiger partial charge in [-0.05, 0) is 13.8 Å². The molecule has 0 radical (unpaired) electrons. The Hall–Kier alpha value is -1.12. The maximum absolute atomic E-state index is 11.0. The molecule has 1 amide bonds. The summed E-state index contributed by atoms with van der Waals surface area (Å²) in [5.41, 5.74) is 0. The summed E-state index contributed by atoms with van der Waals surface area (Å²) in [7, 11) is 0. The van der Waals surface area contributed by atoms with Crippen LogP contribution >= 0.6 is 0 Å². The molecular weight excluding hydrogens is 154 g/mol. The van der Waals surface area contributed by atoms with Crippen molar-refractivity contribution in [3.63, 3.8) is 0 Å². The van der Waals surface area contributed by atoms with E-state index in [0.717, 1.165) is 0 Å². The Bertz CT molecular complexity index is 199. The summed E-state index contributed by atoms with van der Waals surface area (Å²) in [6, 6.07) is -0.347. The Morgan fingerprint density at radius 1 is 1.50 bits per heavy atom. The van der Waals surface area contributed by atoms with Crippen molar-refractivity contribution in [2.24, 2.45) is 0 Å². The van der Waals surface area contributed by atoms with Crippen molar-refractivity contribution in [3.05, 3.63) is 12.7 Å². The molecule has 1 unspecified atom stereocenters. The molecule has 0 spiro atoms. The SMILES string of the molecule is C=CCN(C(C)=O)C(C)C(C)=O. The maximum Gasteiger partial charge on any atom is 0.220 e. The molecule has 0 bridgehead atoms. The highest BCUT2D eigenvalue weighted by Crippen LogP contribution is 2.00. The fourth-order valence-electron chi connectivity index (χ4n) is 0.918. The van der Waals surface area contributed by atoms with E-state index in [0.29, 0.717) is 6.54 Å². The highest BCUT2D eigenvalue weighted by Gasteiger charge is 2.18. The normalized spacial score (nSPS) is 11.9. The molecule has 0 aromatic carbocycles. The second kappa shape index (κ2) is 4.70. The molecule has 0 saturated heterocycles. The van der Waals surface area contributed by atoms with Gasteiger partial charge in [0.15, 0.2) is 5.78 Å². The number of ketones is 1. The van der Waals surface area contributed by atoms with Crippen LogP contribution in [0.3, 0.4) is 0 Å². The molecule has 0 aliphatic carbocycles. The van der Waals surface area contributed by atoms with Gasteiger partial charge in [-0.1, -0.05) is 6.08 Å². The molecule has 0 rings (SSSR count). The van der Waals surface area contributed by atoms with E-state index in [1.54, 1.807) is 13.0 Å². The van der Waals surface area contributed by atoms with Crippen LogP contribution in [0.1, 0.15) is 20.8 Å². The molecule has 68 valence electrons. The van der Waals surface area contributed by atoms with E-state index in [1.165, 1.54) is 18.7 Å². The minimum absolute atomic E-state index is 0.00736. The zero-order valence-corrected chi connectivity index (χ0v) is 7.83. The third-order valence-corrected chi connectivity index (χ3v) is 1.79. The predicted molar refractivity (Wildman–Crippen MR) is 47.7 cm³/mol. The van der Waals surface area contributed by atoms with E-state index >= 15 is 0 Å². The van der Waals surface area contributed by atoms with Gasteiger partial charge in [0, 0.05) is 13.5 Å². The zero-order chi connectivity index (χ0) is 9.72. The second-order valence-corrected chi connectivity index (χ2v) is 2.75. The average molecular weight is 169 g/mol. The van der Waals surface area contributed by atoms with E-state index in [4.69, 9.17) is 0 Å². The first-order valence-electron chi connectivity index (χ1n) is 3.89. The van der Waals surface area contributed by atoms with Crippen molar-refractivity contribution in [1.82, 2.24) is 4.90 Å². The maximum atomic E-state index is 11.0. The predicted octanol–water partition coefficient (Wildman–Crippen LogP) is 0.998. The van der Waals surface area contributed by atoms with Gasteiger partial charge in [0.25, 0.3) is 0 Å². The van der Waals surface area contributed by atoms with Gasteiger partial charge < -0.3 is 4.90 Å². The van der Waals surface area contributed by atoms with E-state index in [-0.39, 0.29) is 17.7 Å². The minimum atomic E-state index is -0.347. The molecular formula is C9H15NO2. The van der Waals surface area contributed by atoms with Crippen LogP contribution in [0.2, 0.25) is 0 Å². The van der Waals surface area contributed by atoms with Gasteiger partial charge >= 0.3 is 0 Å². The lowest BCUT2D eigenvalue weighted by Crippen LogP contribution is -2.41. The van der Waals surface area contributed by atoms with Gasteiger partial charge in [-0.25, -0.2) is 0 Å². The van der Waals surface area contributed by atoms with Gasteiger partial charge in [0.05, 0.1) is 6.04 Å². The summed E-state index contributed by atoms with van der Waals surface area (Å²) in [5.74, 6) is -0.107. The number of hydrogen-bond acceptors (Lipinski definition) is 2. The van der Waals surface area contributed by atoms with E-state index in [1.807, 2.05) is 0 Å². The number of hydrogen-bond donors (Lipinski definition) is 0. The van der Waals surface area contributed by atoms with Crippen LogP contribution in [-0.2, 0) is 9.59 Å². The summed E-state index contributed by atoms with van der Waals surface area (Å²) >= 11 is 0. The molecule has 0 aliphatic heterocycles. The smallest absolute Gasteiger partial charge is 0.220 e. The number of rotatable bonds is 4. The van der Waals surface area contributed by atoms with Crippen LogP contribution in [-0.4, -0.2) is 29.2 Å². The fourth-order valence-corrected chi connectivity index (χ4v) is 0.918. The van der Waals surface area contributed by atoms with Crippen molar-refractivity contribution in [1.29, 1.82) is 0 Å². The standard InChI is InChI=1S/C9H15NO2/c1-5-6-10(9(4)12)7(2)8(3)11/h5,7H,1,6H2,2-4H3. The Morgan fingerprint density at radius 3 is 2.25 bits per heavy atom. The van der Waals surface area contributed by atoms with Crippen LogP contribution in [0.5, 0.6) is 0 Å². The molecule has 0 saturated carbocycles. The zero-order valence-electron chi connectivity index (χ0n) is 7.83. The Morgan fingerprint density at radius 2 is 2.00 bits per heavy atom. The monoisotopic (exact) mass is 169 g/mol. The molecule has 0 fully saturated rings. The largest absolute Gasteiger partial charge is 0.329 e. The highest BCUT2D eigenvalue weighted by molar-refractivity contribution is 5.86. The van der Waals surface area contributed by atoms with Crippen LogP contribution in [0, 0.1) is 0 Å². The fraction of sp³-hybridized carbons (Fsp3) is 0.556. The van der Waals surface area contributed by atoms with Crippen molar-refractivity contribution in [2.45, 2.75) is 26.8 Å². The lowest BCUT2D eigenvalue weighted by atomic mass is 10.2. The Labute approximate surface area is 73.1 Å². The number of amides is 1. The van der Waals surface area contributed by atoms with E-state index < -0.39 is 0 Å². The Balaban J connectivity index is 4.38. The third-order valence-electron chi connectivity index (χ3n) is 1.79. The average Bonchev–Trinajstić information content (AvgIpc) is 1.98. The molecule has 1 atom stereocenters. The highest BCUT2D eigenvalue weighted by atomic mass is 16.2. The van der Waals surface area contributed by atoms with E-state index in [9.17, 15) is 9.59 Å². The van der Waals surface area contributed by atoms with Crippen LogP contribution < -0.4 is 0 Å². The van der Waals surface area contributed by atoms with Gasteiger partial charge in [-0.3, -0.25) is 9.59 Å². The number of Topliss-reactive ketones (excluding diaryl/α,β-unsaturated/α-hetero) is 1. The molecule has 0 aromatic heterocycles. The van der Waals surface area contributed by atoms with Crippen LogP contribution in [0.4, 0.5) is 0 Å². The lowest BCUT2D eigenvalue weighted by molar-refractivity contribution is -0.135. The van der Waals surface area contributed by atoms with Crippen LogP contribution in [0.25, 0.3) is 0 Å². The van der Waals surface area contributed by atoms with Crippen molar-refractivity contribution >= 4 is 11.7 Å². The topological polar surface area (TPSA) is 37.4 Å². The summed E-state index contributed by atoms with van der Waals surface area (Å²) in [4.78, 5) is 23.4. The third kappa shape index (κ3) is 2.86. The number of carbonyl (C=O) groups is 2. The van der Waals surface area contributed by atoms with Crippen molar-refractivity contribution < 1.29 is 9.59 Å². The van der Waals surface area contributed by atoms with Crippen molar-refractivity contribution in [2.75, 3.05) is 6.54 Å². The molecule has 0 heterocycles. The first-order valence-corrected chi connectivity index (χ1v) is 3.89. The van der Waals surface area contributed by atoms with Crippen molar-refractivity contribution in [3.8, 4) is 0 Å². The van der Waals surface area contributed by atoms with Crippen LogP contribution in [0.15, 0.2) is 12.7 Å². The Kier molecular flexibility index (Phi) is 4.26. The summed E-state index contributed by atoms with van der Waals surface area (Å²) < 4.78 is 0. The second-order valence-electron chi connectivity index (χ2n) is 2.75. The van der Waals surface area contributed by atoms with Gasteiger partial charge in [0.1, 0.15) is 0 Å². The molecule has 0 N–H and O–H groups in total. The molecule has 3 nitrogen and oxygen atoms in total. The summed E-state index contributed by atoms with van der Waals surface area (Å²) in [6.45, 7) is 8.58. The summed E-state index contributed by atoms with van der Waals surface area (Å²) in [5, 5.41) is 0. The van der Waals surface area contributed by atoms with E-state index in [2.05, 4.69) is 6.58 Å². The molecule has 0 aromatic rings. The number of carbonyl (C=O) groups excluding carboxylic acids is 2. The first kappa shape index (κ1) is 10.9. The van der Waals surface area contributed by atoms with Gasteiger partial charge in [-0.2, -0.15) is 0 Å². The quantitative estimate of drug-likeness (QED) is 0.589. The number of nitrogens with zero attached hydrogens (tertiary/aromatic N) is 1. The molecule has 12 heavy (non-hydrogen) atoms. The first-order chi connectivity index (χ1) is 5.50. The minimum Gasteiger partial charge on any atom is -0.329 e. The molecule has 3 heteroatoms. The van der Waals surface area contributed by atoms with Gasteiger partial charge in [0.2, 0.25) is 5.91 Å². The summed E-state index contributed by atoms with van der Waals surface area (Å²) in [6.07, 6.45) is 1.61.